The second kappa shape index (κ2) is 8.66. The van der Waals surface area contributed by atoms with Crippen molar-refractivity contribution in [3.8, 4) is 5.75 Å². The number of rotatable bonds is 5. The number of piperidine rings is 1. The summed E-state index contributed by atoms with van der Waals surface area (Å²) in [7, 11) is 1.56. The summed E-state index contributed by atoms with van der Waals surface area (Å²) in [6.07, 6.45) is 1.55. The van der Waals surface area contributed by atoms with E-state index in [2.05, 4.69) is 5.32 Å². The molecule has 0 radical (unpaired) electrons. The molecular formula is C21H23FN2O3. The van der Waals surface area contributed by atoms with Gasteiger partial charge >= 0.3 is 0 Å². The lowest BCUT2D eigenvalue weighted by Gasteiger charge is -2.32. The van der Waals surface area contributed by atoms with Crippen molar-refractivity contribution in [2.45, 2.75) is 12.8 Å². The first-order valence-electron chi connectivity index (χ1n) is 9.04. The number of ether oxygens (including phenoxy) is 1. The summed E-state index contributed by atoms with van der Waals surface area (Å²) in [5, 5.41) is 2.95. The van der Waals surface area contributed by atoms with Crippen LogP contribution in [0.25, 0.3) is 0 Å². The Hall–Kier alpha value is -2.89. The third-order valence-corrected chi connectivity index (χ3v) is 4.89. The normalized spacial score (nSPS) is 14.7. The van der Waals surface area contributed by atoms with Gasteiger partial charge in [-0.2, -0.15) is 0 Å². The van der Waals surface area contributed by atoms with Crippen LogP contribution in [0.4, 0.5) is 4.39 Å². The highest BCUT2D eigenvalue weighted by molar-refractivity contribution is 5.95. The number of carbonyl (C=O) groups is 2. The fraction of sp³-hybridized carbons (Fsp3) is 0.333. The molecule has 3 rings (SSSR count). The number of nitrogens with one attached hydrogen (secondary N) is 1. The van der Waals surface area contributed by atoms with Gasteiger partial charge in [-0.05, 0) is 49.1 Å². The van der Waals surface area contributed by atoms with Crippen molar-refractivity contribution in [3.05, 3.63) is 65.5 Å². The van der Waals surface area contributed by atoms with Crippen LogP contribution in [0.15, 0.2) is 48.5 Å². The molecule has 2 aromatic rings. The third-order valence-electron chi connectivity index (χ3n) is 4.89. The SMILES string of the molecule is COc1cccc(C(=O)NCC2CCN(C(=O)c3ccccc3F)CC2)c1. The molecule has 0 atom stereocenters. The number of hydrogen-bond donors (Lipinski definition) is 1. The van der Waals surface area contributed by atoms with Gasteiger partial charge in [0.1, 0.15) is 11.6 Å². The molecule has 0 aromatic heterocycles. The Labute approximate surface area is 158 Å². The van der Waals surface area contributed by atoms with Gasteiger partial charge in [0.2, 0.25) is 0 Å². The molecule has 1 fully saturated rings. The highest BCUT2D eigenvalue weighted by Crippen LogP contribution is 2.20. The number of amides is 2. The van der Waals surface area contributed by atoms with Gasteiger partial charge in [0.15, 0.2) is 0 Å². The standard InChI is InChI=1S/C21H23FN2O3/c1-27-17-6-4-5-16(13-17)20(25)23-14-15-9-11-24(12-10-15)21(26)18-7-2-3-8-19(18)22/h2-8,13,15H,9-12,14H2,1H3,(H,23,25). The number of halogens is 1. The Morgan fingerprint density at radius 1 is 1.15 bits per heavy atom. The molecule has 2 aromatic carbocycles. The van der Waals surface area contributed by atoms with Crippen LogP contribution in [0.3, 0.4) is 0 Å². The Bertz CT molecular complexity index is 817. The van der Waals surface area contributed by atoms with Crippen molar-refractivity contribution in [3.63, 3.8) is 0 Å². The van der Waals surface area contributed by atoms with Crippen molar-refractivity contribution in [1.29, 1.82) is 0 Å². The summed E-state index contributed by atoms with van der Waals surface area (Å²) < 4.78 is 18.9. The molecule has 1 aliphatic heterocycles. The van der Waals surface area contributed by atoms with Crippen LogP contribution in [-0.4, -0.2) is 43.5 Å². The fourth-order valence-corrected chi connectivity index (χ4v) is 3.25. The first-order chi connectivity index (χ1) is 13.1. The van der Waals surface area contributed by atoms with Crippen LogP contribution < -0.4 is 10.1 Å². The van der Waals surface area contributed by atoms with Crippen LogP contribution in [0.5, 0.6) is 5.75 Å². The minimum absolute atomic E-state index is 0.113. The van der Waals surface area contributed by atoms with Gasteiger partial charge in [0.05, 0.1) is 12.7 Å². The maximum Gasteiger partial charge on any atom is 0.256 e. The number of likely N-dealkylation sites (tertiary alicyclic amines) is 1. The van der Waals surface area contributed by atoms with Gasteiger partial charge in [-0.15, -0.1) is 0 Å². The van der Waals surface area contributed by atoms with Crippen molar-refractivity contribution in [2.75, 3.05) is 26.7 Å². The van der Waals surface area contributed by atoms with Gasteiger partial charge in [-0.1, -0.05) is 18.2 Å². The average Bonchev–Trinajstić information content (AvgIpc) is 2.72. The zero-order valence-corrected chi connectivity index (χ0v) is 15.3. The van der Waals surface area contributed by atoms with E-state index in [1.54, 1.807) is 48.4 Å². The van der Waals surface area contributed by atoms with Crippen molar-refractivity contribution >= 4 is 11.8 Å². The highest BCUT2D eigenvalue weighted by atomic mass is 19.1. The number of carbonyl (C=O) groups excluding carboxylic acids is 2. The molecule has 27 heavy (non-hydrogen) atoms. The zero-order valence-electron chi connectivity index (χ0n) is 15.3. The maximum atomic E-state index is 13.8. The van der Waals surface area contributed by atoms with Crippen LogP contribution in [0.2, 0.25) is 0 Å². The molecule has 0 spiro atoms. The topological polar surface area (TPSA) is 58.6 Å². The van der Waals surface area contributed by atoms with Crippen molar-refractivity contribution in [1.82, 2.24) is 10.2 Å². The first kappa shape index (κ1) is 18.9. The first-order valence-corrected chi connectivity index (χ1v) is 9.04. The Balaban J connectivity index is 1.49. The predicted molar refractivity (Wildman–Crippen MR) is 100 cm³/mol. The second-order valence-electron chi connectivity index (χ2n) is 6.66. The molecule has 0 unspecified atom stereocenters. The monoisotopic (exact) mass is 370 g/mol. The molecular weight excluding hydrogens is 347 g/mol. The summed E-state index contributed by atoms with van der Waals surface area (Å²) in [5.41, 5.74) is 0.670. The molecule has 1 aliphatic rings. The smallest absolute Gasteiger partial charge is 0.256 e. The van der Waals surface area contributed by atoms with Gasteiger partial charge in [0, 0.05) is 25.2 Å². The summed E-state index contributed by atoms with van der Waals surface area (Å²) in [4.78, 5) is 26.4. The zero-order chi connectivity index (χ0) is 19.2. The summed E-state index contributed by atoms with van der Waals surface area (Å²) >= 11 is 0. The number of benzene rings is 2. The molecule has 142 valence electrons. The van der Waals surface area contributed by atoms with Gasteiger partial charge < -0.3 is 15.0 Å². The Morgan fingerprint density at radius 2 is 1.89 bits per heavy atom. The lowest BCUT2D eigenvalue weighted by molar-refractivity contribution is 0.0679. The minimum atomic E-state index is -0.491. The largest absolute Gasteiger partial charge is 0.497 e. The van der Waals surface area contributed by atoms with E-state index in [1.165, 1.54) is 12.1 Å². The number of nitrogens with zero attached hydrogens (tertiary/aromatic N) is 1. The maximum absolute atomic E-state index is 13.8. The van der Waals surface area contributed by atoms with Crippen LogP contribution in [0, 0.1) is 11.7 Å². The van der Waals surface area contributed by atoms with Gasteiger partial charge in [0.25, 0.3) is 11.8 Å². The van der Waals surface area contributed by atoms with E-state index in [0.29, 0.717) is 36.9 Å². The summed E-state index contributed by atoms with van der Waals surface area (Å²) in [5.74, 6) is 0.0350. The molecule has 0 bridgehead atoms. The van der Waals surface area contributed by atoms with E-state index in [-0.39, 0.29) is 17.4 Å². The Morgan fingerprint density at radius 3 is 2.59 bits per heavy atom. The minimum Gasteiger partial charge on any atom is -0.497 e. The quantitative estimate of drug-likeness (QED) is 0.880. The van der Waals surface area contributed by atoms with Crippen LogP contribution in [-0.2, 0) is 0 Å². The second-order valence-corrected chi connectivity index (χ2v) is 6.66. The molecule has 1 N–H and O–H groups in total. The van der Waals surface area contributed by atoms with E-state index in [0.717, 1.165) is 12.8 Å². The van der Waals surface area contributed by atoms with E-state index in [9.17, 15) is 14.0 Å². The number of methoxy groups -OCH3 is 1. The third kappa shape index (κ3) is 4.64. The Kier molecular flexibility index (Phi) is 6.06. The lowest BCUT2D eigenvalue weighted by Crippen LogP contribution is -2.41. The molecule has 5 nitrogen and oxygen atoms in total. The molecule has 1 heterocycles. The van der Waals surface area contributed by atoms with Crippen LogP contribution >= 0.6 is 0 Å². The molecule has 0 saturated carbocycles. The van der Waals surface area contributed by atoms with E-state index < -0.39 is 5.82 Å². The number of hydrogen-bond acceptors (Lipinski definition) is 3. The molecule has 6 heteroatoms. The predicted octanol–water partition coefficient (Wildman–Crippen LogP) is 3.12. The van der Waals surface area contributed by atoms with Gasteiger partial charge in [-0.25, -0.2) is 4.39 Å². The average molecular weight is 370 g/mol. The fourth-order valence-electron chi connectivity index (χ4n) is 3.25. The highest BCUT2D eigenvalue weighted by Gasteiger charge is 2.25. The molecule has 2 amide bonds. The molecule has 0 aliphatic carbocycles. The molecule has 1 saturated heterocycles. The summed E-state index contributed by atoms with van der Waals surface area (Å²) in [6.45, 7) is 1.68. The van der Waals surface area contributed by atoms with Gasteiger partial charge in [-0.3, -0.25) is 9.59 Å². The van der Waals surface area contributed by atoms with Crippen molar-refractivity contribution < 1.29 is 18.7 Å². The van der Waals surface area contributed by atoms with E-state index in [1.807, 2.05) is 0 Å². The van der Waals surface area contributed by atoms with Crippen molar-refractivity contribution in [2.24, 2.45) is 5.92 Å². The summed E-state index contributed by atoms with van der Waals surface area (Å²) in [6, 6.07) is 13.1. The van der Waals surface area contributed by atoms with E-state index in [4.69, 9.17) is 4.74 Å². The van der Waals surface area contributed by atoms with E-state index >= 15 is 0 Å². The lowest BCUT2D eigenvalue weighted by atomic mass is 9.96. The van der Waals surface area contributed by atoms with Crippen LogP contribution in [0.1, 0.15) is 33.6 Å².